The molecule has 0 radical (unpaired) electrons. The third-order valence-corrected chi connectivity index (χ3v) is 4.60. The van der Waals surface area contributed by atoms with Crippen molar-refractivity contribution in [3.8, 4) is 0 Å². The maximum absolute atomic E-state index is 13.5. The fourth-order valence-corrected chi connectivity index (χ4v) is 2.84. The average Bonchev–Trinajstić information content (AvgIpc) is 2.48. The molecule has 2 aromatic rings. The number of aryl methyl sites for hydroxylation is 2. The standard InChI is InChI=1S/C16H18FNO3S/c1-3-13-6-7-14(18-16(13)17)10-11-21-22(19,20)15-8-4-12(2)5-9-15/h4-9H,3,10-11H2,1-2H3. The van der Waals surface area contributed by atoms with E-state index in [-0.39, 0.29) is 17.9 Å². The van der Waals surface area contributed by atoms with Crippen LogP contribution in [-0.2, 0) is 27.1 Å². The molecule has 1 heterocycles. The highest BCUT2D eigenvalue weighted by Crippen LogP contribution is 2.14. The number of halogens is 1. The third-order valence-electron chi connectivity index (χ3n) is 3.27. The van der Waals surface area contributed by atoms with Gasteiger partial charge in [-0.1, -0.05) is 30.7 Å². The number of hydrogen-bond acceptors (Lipinski definition) is 4. The summed E-state index contributed by atoms with van der Waals surface area (Å²) in [7, 11) is -3.79. The summed E-state index contributed by atoms with van der Waals surface area (Å²) in [5.74, 6) is -0.513. The minimum atomic E-state index is -3.79. The van der Waals surface area contributed by atoms with Crippen LogP contribution in [0.5, 0.6) is 0 Å². The van der Waals surface area contributed by atoms with Crippen molar-refractivity contribution in [3.63, 3.8) is 0 Å². The Morgan fingerprint density at radius 3 is 2.41 bits per heavy atom. The van der Waals surface area contributed by atoms with Crippen molar-refractivity contribution in [1.29, 1.82) is 0 Å². The quantitative estimate of drug-likeness (QED) is 0.606. The third kappa shape index (κ3) is 4.11. The molecule has 0 amide bonds. The molecule has 1 aromatic carbocycles. The predicted molar refractivity (Wildman–Crippen MR) is 81.6 cm³/mol. The second-order valence-corrected chi connectivity index (χ2v) is 6.56. The Kier molecular flexibility index (Phi) is 5.26. The van der Waals surface area contributed by atoms with Crippen molar-refractivity contribution in [2.45, 2.75) is 31.6 Å². The summed E-state index contributed by atoms with van der Waals surface area (Å²) in [6, 6.07) is 9.75. The predicted octanol–water partition coefficient (Wildman–Crippen LogP) is 3.04. The Morgan fingerprint density at radius 1 is 1.14 bits per heavy atom. The van der Waals surface area contributed by atoms with Gasteiger partial charge in [-0.15, -0.1) is 0 Å². The van der Waals surface area contributed by atoms with E-state index >= 15 is 0 Å². The highest BCUT2D eigenvalue weighted by atomic mass is 32.2. The van der Waals surface area contributed by atoms with Crippen molar-refractivity contribution < 1.29 is 17.0 Å². The molecule has 0 aliphatic rings. The fourth-order valence-electron chi connectivity index (χ4n) is 1.93. The van der Waals surface area contributed by atoms with Crippen LogP contribution in [0.25, 0.3) is 0 Å². The van der Waals surface area contributed by atoms with Crippen LogP contribution in [0, 0.1) is 12.9 Å². The topological polar surface area (TPSA) is 56.3 Å². The molecule has 1 aromatic heterocycles. The normalized spacial score (nSPS) is 11.6. The molecule has 0 atom stereocenters. The Morgan fingerprint density at radius 2 is 1.82 bits per heavy atom. The molecular formula is C16H18FNO3S. The Balaban J connectivity index is 1.98. The number of hydrogen-bond donors (Lipinski definition) is 0. The van der Waals surface area contributed by atoms with Crippen LogP contribution in [0.3, 0.4) is 0 Å². The van der Waals surface area contributed by atoms with Crippen molar-refractivity contribution in [2.75, 3.05) is 6.61 Å². The number of rotatable bonds is 6. The van der Waals surface area contributed by atoms with E-state index in [0.29, 0.717) is 17.7 Å². The summed E-state index contributed by atoms with van der Waals surface area (Å²) in [5, 5.41) is 0. The fraction of sp³-hybridized carbons (Fsp3) is 0.312. The van der Waals surface area contributed by atoms with E-state index in [9.17, 15) is 12.8 Å². The van der Waals surface area contributed by atoms with Crippen molar-refractivity contribution in [2.24, 2.45) is 0 Å². The van der Waals surface area contributed by atoms with Crippen LogP contribution in [0.2, 0.25) is 0 Å². The van der Waals surface area contributed by atoms with Crippen molar-refractivity contribution in [1.82, 2.24) is 4.98 Å². The minimum Gasteiger partial charge on any atom is -0.266 e. The molecule has 118 valence electrons. The van der Waals surface area contributed by atoms with Gasteiger partial charge in [0.25, 0.3) is 10.1 Å². The molecule has 4 nitrogen and oxygen atoms in total. The van der Waals surface area contributed by atoms with Gasteiger partial charge in [0, 0.05) is 17.7 Å². The molecule has 0 unspecified atom stereocenters. The van der Waals surface area contributed by atoms with Crippen LogP contribution in [-0.4, -0.2) is 20.0 Å². The SMILES string of the molecule is CCc1ccc(CCOS(=O)(=O)c2ccc(C)cc2)nc1F. The van der Waals surface area contributed by atoms with E-state index in [1.807, 2.05) is 13.8 Å². The molecule has 0 bridgehead atoms. The maximum Gasteiger partial charge on any atom is 0.296 e. The van der Waals surface area contributed by atoms with Gasteiger partial charge in [0.05, 0.1) is 11.5 Å². The summed E-state index contributed by atoms with van der Waals surface area (Å²) in [4.78, 5) is 3.92. The zero-order valence-electron chi connectivity index (χ0n) is 12.5. The summed E-state index contributed by atoms with van der Waals surface area (Å²) < 4.78 is 42.5. The van der Waals surface area contributed by atoms with E-state index in [2.05, 4.69) is 4.98 Å². The van der Waals surface area contributed by atoms with Gasteiger partial charge >= 0.3 is 0 Å². The highest BCUT2D eigenvalue weighted by Gasteiger charge is 2.15. The molecule has 0 spiro atoms. The lowest BCUT2D eigenvalue weighted by molar-refractivity contribution is 0.320. The molecule has 22 heavy (non-hydrogen) atoms. The van der Waals surface area contributed by atoms with Gasteiger partial charge in [0.15, 0.2) is 0 Å². The van der Waals surface area contributed by atoms with Gasteiger partial charge in [0.2, 0.25) is 5.95 Å². The van der Waals surface area contributed by atoms with Crippen molar-refractivity contribution >= 4 is 10.1 Å². The highest BCUT2D eigenvalue weighted by molar-refractivity contribution is 7.86. The first-order valence-corrected chi connectivity index (χ1v) is 8.43. The molecule has 6 heteroatoms. The molecule has 0 fully saturated rings. The summed E-state index contributed by atoms with van der Waals surface area (Å²) in [5.41, 5.74) is 1.97. The van der Waals surface area contributed by atoms with Crippen LogP contribution < -0.4 is 0 Å². The molecule has 0 saturated heterocycles. The van der Waals surface area contributed by atoms with E-state index in [4.69, 9.17) is 4.18 Å². The first-order chi connectivity index (χ1) is 10.4. The Labute approximate surface area is 130 Å². The lowest BCUT2D eigenvalue weighted by Crippen LogP contribution is -2.10. The largest absolute Gasteiger partial charge is 0.296 e. The van der Waals surface area contributed by atoms with Crippen LogP contribution in [0.15, 0.2) is 41.3 Å². The second kappa shape index (κ2) is 6.98. The van der Waals surface area contributed by atoms with E-state index in [0.717, 1.165) is 5.56 Å². The molecule has 0 N–H and O–H groups in total. The zero-order chi connectivity index (χ0) is 16.2. The summed E-state index contributed by atoms with van der Waals surface area (Å²) >= 11 is 0. The van der Waals surface area contributed by atoms with Gasteiger partial charge < -0.3 is 0 Å². The van der Waals surface area contributed by atoms with Gasteiger partial charge in [-0.2, -0.15) is 12.8 Å². The van der Waals surface area contributed by atoms with E-state index in [1.54, 1.807) is 24.3 Å². The lowest BCUT2D eigenvalue weighted by atomic mass is 10.2. The minimum absolute atomic E-state index is 0.0753. The molecule has 0 aliphatic carbocycles. The zero-order valence-corrected chi connectivity index (χ0v) is 13.4. The number of nitrogens with zero attached hydrogens (tertiary/aromatic N) is 1. The second-order valence-electron chi connectivity index (χ2n) is 4.95. The number of pyridine rings is 1. The molecular weight excluding hydrogens is 305 g/mol. The number of benzene rings is 1. The Bertz CT molecular complexity index is 742. The monoisotopic (exact) mass is 323 g/mol. The van der Waals surface area contributed by atoms with Gasteiger partial charge in [-0.05, 0) is 31.5 Å². The first-order valence-electron chi connectivity index (χ1n) is 7.03. The van der Waals surface area contributed by atoms with Gasteiger partial charge in [-0.3, -0.25) is 4.18 Å². The number of aromatic nitrogens is 1. The van der Waals surface area contributed by atoms with E-state index in [1.165, 1.54) is 12.1 Å². The summed E-state index contributed by atoms with van der Waals surface area (Å²) in [6.07, 6.45) is 0.795. The van der Waals surface area contributed by atoms with Crippen LogP contribution in [0.1, 0.15) is 23.7 Å². The molecule has 0 aliphatic heterocycles. The summed E-state index contributed by atoms with van der Waals surface area (Å²) in [6.45, 7) is 3.64. The molecule has 2 rings (SSSR count). The van der Waals surface area contributed by atoms with E-state index < -0.39 is 16.1 Å². The van der Waals surface area contributed by atoms with Crippen molar-refractivity contribution in [3.05, 3.63) is 59.2 Å². The smallest absolute Gasteiger partial charge is 0.266 e. The average molecular weight is 323 g/mol. The van der Waals surface area contributed by atoms with Crippen LogP contribution >= 0.6 is 0 Å². The maximum atomic E-state index is 13.5. The Hall–Kier alpha value is -1.79. The van der Waals surface area contributed by atoms with Crippen LogP contribution in [0.4, 0.5) is 4.39 Å². The lowest BCUT2D eigenvalue weighted by Gasteiger charge is -2.07. The first kappa shape index (κ1) is 16.6. The van der Waals surface area contributed by atoms with Gasteiger partial charge in [0.1, 0.15) is 0 Å². The van der Waals surface area contributed by atoms with Gasteiger partial charge in [-0.25, -0.2) is 4.98 Å². The molecule has 0 saturated carbocycles.